The molecule has 0 amide bonds. The van der Waals surface area contributed by atoms with Crippen LogP contribution in [0.4, 0.5) is 0 Å². The molecule has 1 rings (SSSR count). The molecular weight excluding hydrogens is 222 g/mol. The average Bonchev–Trinajstić information content (AvgIpc) is 2.52. The molecule has 3 N–H and O–H groups in total. The first kappa shape index (κ1) is 11.6. The monoisotopic (exact) mass is 235 g/mol. The van der Waals surface area contributed by atoms with Crippen LogP contribution in [0.2, 0.25) is 0 Å². The molecule has 5 nitrogen and oxygen atoms in total. The fourth-order valence-corrected chi connectivity index (χ4v) is 2.64. The normalized spacial score (nSPS) is 11.9. The largest absolute Gasteiger partial charge is 0.329 e. The SMILES string of the molecule is CS(=O)(=O)c1ncc(CNCCN)s1. The Kier molecular flexibility index (Phi) is 3.99. The lowest BCUT2D eigenvalue weighted by atomic mass is 10.5. The molecule has 0 spiro atoms. The van der Waals surface area contributed by atoms with Crippen molar-refractivity contribution in [2.45, 2.75) is 10.9 Å². The van der Waals surface area contributed by atoms with E-state index in [0.29, 0.717) is 19.6 Å². The van der Waals surface area contributed by atoms with Gasteiger partial charge in [0.1, 0.15) is 0 Å². The molecule has 0 aromatic carbocycles. The van der Waals surface area contributed by atoms with Crippen molar-refractivity contribution in [2.24, 2.45) is 5.73 Å². The van der Waals surface area contributed by atoms with Gasteiger partial charge in [-0.05, 0) is 0 Å². The van der Waals surface area contributed by atoms with Gasteiger partial charge < -0.3 is 11.1 Å². The molecule has 0 aliphatic rings. The summed E-state index contributed by atoms with van der Waals surface area (Å²) in [6, 6.07) is 0. The molecule has 0 aliphatic heterocycles. The summed E-state index contributed by atoms with van der Waals surface area (Å²) in [6.45, 7) is 1.90. The molecule has 1 heterocycles. The minimum absolute atomic E-state index is 0.169. The molecule has 0 unspecified atom stereocenters. The van der Waals surface area contributed by atoms with Gasteiger partial charge in [0, 0.05) is 37.0 Å². The number of hydrogen-bond acceptors (Lipinski definition) is 6. The van der Waals surface area contributed by atoms with E-state index >= 15 is 0 Å². The van der Waals surface area contributed by atoms with Crippen LogP contribution in [0.25, 0.3) is 0 Å². The van der Waals surface area contributed by atoms with Gasteiger partial charge in [0.25, 0.3) is 0 Å². The number of rotatable bonds is 5. The van der Waals surface area contributed by atoms with E-state index in [-0.39, 0.29) is 4.34 Å². The molecule has 0 aliphatic carbocycles. The predicted molar refractivity (Wildman–Crippen MR) is 56.0 cm³/mol. The van der Waals surface area contributed by atoms with E-state index in [1.54, 1.807) is 6.20 Å². The number of nitrogens with two attached hydrogens (primary N) is 1. The molecule has 0 radical (unpaired) electrons. The molecule has 1 aromatic rings. The van der Waals surface area contributed by atoms with E-state index in [9.17, 15) is 8.42 Å². The molecule has 0 bridgehead atoms. The fraction of sp³-hybridized carbons (Fsp3) is 0.571. The van der Waals surface area contributed by atoms with Gasteiger partial charge in [-0.1, -0.05) is 0 Å². The predicted octanol–water partition coefficient (Wildman–Crippen LogP) is -0.405. The molecule has 1 aromatic heterocycles. The van der Waals surface area contributed by atoms with Crippen LogP contribution >= 0.6 is 11.3 Å². The topological polar surface area (TPSA) is 85.1 Å². The number of sulfone groups is 1. The van der Waals surface area contributed by atoms with Crippen molar-refractivity contribution in [3.8, 4) is 0 Å². The molecule has 7 heteroatoms. The van der Waals surface area contributed by atoms with E-state index in [1.165, 1.54) is 11.3 Å². The zero-order valence-corrected chi connectivity index (χ0v) is 9.49. The Bertz CT molecular complexity index is 385. The first-order valence-electron chi connectivity index (χ1n) is 4.09. The van der Waals surface area contributed by atoms with Crippen molar-refractivity contribution in [3.63, 3.8) is 0 Å². The maximum absolute atomic E-state index is 11.1. The summed E-state index contributed by atoms with van der Waals surface area (Å²) in [5.74, 6) is 0. The van der Waals surface area contributed by atoms with Gasteiger partial charge in [0.15, 0.2) is 0 Å². The highest BCUT2D eigenvalue weighted by Gasteiger charge is 2.11. The zero-order valence-electron chi connectivity index (χ0n) is 7.86. The molecule has 0 saturated heterocycles. The van der Waals surface area contributed by atoms with Crippen LogP contribution in [0.1, 0.15) is 4.88 Å². The van der Waals surface area contributed by atoms with E-state index in [4.69, 9.17) is 5.73 Å². The second-order valence-corrected chi connectivity index (χ2v) is 6.13. The first-order valence-corrected chi connectivity index (χ1v) is 6.80. The Morgan fingerprint density at radius 2 is 2.36 bits per heavy atom. The Balaban J connectivity index is 2.60. The molecular formula is C7H13N3O2S2. The summed E-state index contributed by atoms with van der Waals surface area (Å²) in [5.41, 5.74) is 5.30. The lowest BCUT2D eigenvalue weighted by molar-refractivity contribution is 0.601. The number of nitrogens with one attached hydrogen (secondary N) is 1. The number of thiazole rings is 1. The van der Waals surface area contributed by atoms with Crippen LogP contribution in [0.5, 0.6) is 0 Å². The van der Waals surface area contributed by atoms with Crippen molar-refractivity contribution in [3.05, 3.63) is 11.1 Å². The lowest BCUT2D eigenvalue weighted by Gasteiger charge is -1.97. The van der Waals surface area contributed by atoms with E-state index < -0.39 is 9.84 Å². The van der Waals surface area contributed by atoms with Crippen LogP contribution in [0.15, 0.2) is 10.5 Å². The summed E-state index contributed by atoms with van der Waals surface area (Å²) < 4.78 is 22.3. The smallest absolute Gasteiger partial charge is 0.209 e. The number of aromatic nitrogens is 1. The van der Waals surface area contributed by atoms with Crippen LogP contribution in [0, 0.1) is 0 Å². The van der Waals surface area contributed by atoms with Crippen LogP contribution < -0.4 is 11.1 Å². The Hall–Kier alpha value is -0.500. The van der Waals surface area contributed by atoms with Gasteiger partial charge in [-0.15, -0.1) is 11.3 Å². The average molecular weight is 235 g/mol. The number of nitrogens with zero attached hydrogens (tertiary/aromatic N) is 1. The second-order valence-electron chi connectivity index (χ2n) is 2.83. The summed E-state index contributed by atoms with van der Waals surface area (Å²) >= 11 is 1.19. The molecule has 0 saturated carbocycles. The first-order chi connectivity index (χ1) is 6.54. The molecule has 14 heavy (non-hydrogen) atoms. The summed E-state index contributed by atoms with van der Waals surface area (Å²) in [6.07, 6.45) is 2.73. The van der Waals surface area contributed by atoms with Crippen molar-refractivity contribution >= 4 is 21.2 Å². The van der Waals surface area contributed by atoms with Gasteiger partial charge in [-0.3, -0.25) is 0 Å². The van der Waals surface area contributed by atoms with Crippen LogP contribution in [-0.4, -0.2) is 32.7 Å². The Morgan fingerprint density at radius 3 is 2.86 bits per heavy atom. The highest BCUT2D eigenvalue weighted by Crippen LogP contribution is 2.17. The van der Waals surface area contributed by atoms with Crippen molar-refractivity contribution in [1.29, 1.82) is 0 Å². The van der Waals surface area contributed by atoms with E-state index in [2.05, 4.69) is 10.3 Å². The maximum atomic E-state index is 11.1. The van der Waals surface area contributed by atoms with Crippen molar-refractivity contribution in [1.82, 2.24) is 10.3 Å². The Morgan fingerprint density at radius 1 is 1.64 bits per heavy atom. The quantitative estimate of drug-likeness (QED) is 0.678. The van der Waals surface area contributed by atoms with E-state index in [0.717, 1.165) is 11.1 Å². The maximum Gasteiger partial charge on any atom is 0.209 e. The summed E-state index contributed by atoms with van der Waals surface area (Å²) in [5, 5.41) is 3.07. The highest BCUT2D eigenvalue weighted by atomic mass is 32.2. The lowest BCUT2D eigenvalue weighted by Crippen LogP contribution is -2.21. The molecule has 0 fully saturated rings. The standard InChI is InChI=1S/C7H13N3O2S2/c1-14(11,12)7-10-5-6(13-7)4-9-3-2-8/h5,9H,2-4,8H2,1H3. The van der Waals surface area contributed by atoms with Crippen molar-refractivity contribution < 1.29 is 8.42 Å². The minimum Gasteiger partial charge on any atom is -0.329 e. The highest BCUT2D eigenvalue weighted by molar-refractivity contribution is 7.92. The zero-order chi connectivity index (χ0) is 10.6. The van der Waals surface area contributed by atoms with Crippen LogP contribution in [-0.2, 0) is 16.4 Å². The third kappa shape index (κ3) is 3.33. The van der Waals surface area contributed by atoms with Gasteiger partial charge in [0.05, 0.1) is 0 Å². The summed E-state index contributed by atoms with van der Waals surface area (Å²) in [4.78, 5) is 4.73. The third-order valence-electron chi connectivity index (χ3n) is 1.47. The van der Waals surface area contributed by atoms with Gasteiger partial charge in [-0.2, -0.15) is 0 Å². The van der Waals surface area contributed by atoms with Gasteiger partial charge in [-0.25, -0.2) is 13.4 Å². The van der Waals surface area contributed by atoms with Crippen LogP contribution in [0.3, 0.4) is 0 Å². The second kappa shape index (κ2) is 4.83. The fourth-order valence-electron chi connectivity index (χ4n) is 0.856. The minimum atomic E-state index is -3.16. The molecule has 80 valence electrons. The van der Waals surface area contributed by atoms with Gasteiger partial charge >= 0.3 is 0 Å². The Labute approximate surface area is 87.3 Å². The van der Waals surface area contributed by atoms with E-state index in [1.807, 2.05) is 0 Å². The third-order valence-corrected chi connectivity index (χ3v) is 4.16. The number of hydrogen-bond donors (Lipinski definition) is 2. The molecule has 0 atom stereocenters. The summed E-state index contributed by atoms with van der Waals surface area (Å²) in [7, 11) is -3.16. The van der Waals surface area contributed by atoms with Gasteiger partial charge in [0.2, 0.25) is 14.2 Å². The van der Waals surface area contributed by atoms with Crippen molar-refractivity contribution in [2.75, 3.05) is 19.3 Å².